The number of nitrogens with one attached hydrogen (secondary N) is 1. The Kier molecular flexibility index (Phi) is 7.86. The van der Waals surface area contributed by atoms with Gasteiger partial charge in [-0.1, -0.05) is 25.3 Å². The number of aliphatic hydroxyl groups excluding tert-OH is 1. The zero-order valence-corrected chi connectivity index (χ0v) is 18.9. The third kappa shape index (κ3) is 5.41. The number of methoxy groups -OCH3 is 1. The average molecular weight is 431 g/mol. The van der Waals surface area contributed by atoms with Gasteiger partial charge in [-0.3, -0.25) is 4.79 Å². The molecule has 2 N–H and O–H groups in total. The van der Waals surface area contributed by atoms with E-state index < -0.39 is 0 Å². The Balaban J connectivity index is 1.37. The molecule has 0 saturated heterocycles. The summed E-state index contributed by atoms with van der Waals surface area (Å²) < 4.78 is 11.3. The molecule has 1 heterocycles. The summed E-state index contributed by atoms with van der Waals surface area (Å²) in [6, 6.07) is 6.52. The first-order valence-electron chi connectivity index (χ1n) is 12.1. The summed E-state index contributed by atoms with van der Waals surface area (Å²) in [6.45, 7) is 2.27. The number of aliphatic hydroxyl groups is 1. The minimum Gasteiger partial charge on any atom is -0.497 e. The van der Waals surface area contributed by atoms with Crippen LogP contribution < -0.4 is 10.1 Å². The second kappa shape index (κ2) is 10.8. The number of amides is 1. The number of hydrogen-bond acceptors (Lipinski definition) is 5. The van der Waals surface area contributed by atoms with Crippen LogP contribution in [0.5, 0.6) is 5.75 Å². The Bertz CT molecular complexity index is 734. The van der Waals surface area contributed by atoms with E-state index in [1.54, 1.807) is 7.11 Å². The fourth-order valence-corrected chi connectivity index (χ4v) is 5.67. The largest absolute Gasteiger partial charge is 0.497 e. The van der Waals surface area contributed by atoms with E-state index in [-0.39, 0.29) is 24.2 Å². The quantitative estimate of drug-likeness (QED) is 0.620. The number of carbonyl (C=O) groups excluding carboxylic acids is 1. The van der Waals surface area contributed by atoms with Crippen LogP contribution in [0.15, 0.2) is 18.2 Å². The van der Waals surface area contributed by atoms with Gasteiger partial charge >= 0.3 is 0 Å². The number of rotatable bonds is 8. The Hall–Kier alpha value is -1.63. The van der Waals surface area contributed by atoms with Crippen molar-refractivity contribution < 1.29 is 19.4 Å². The molecule has 6 heteroatoms. The van der Waals surface area contributed by atoms with E-state index >= 15 is 0 Å². The summed E-state index contributed by atoms with van der Waals surface area (Å²) in [5, 5.41) is 13.1. The molecule has 0 aromatic heterocycles. The number of nitrogens with zero attached hydrogens (tertiary/aromatic N) is 1. The van der Waals surface area contributed by atoms with Crippen molar-refractivity contribution in [2.45, 2.75) is 76.0 Å². The molecule has 1 aromatic carbocycles. The van der Waals surface area contributed by atoms with Crippen LogP contribution in [0.4, 0.5) is 0 Å². The summed E-state index contributed by atoms with van der Waals surface area (Å²) >= 11 is 0. The minimum absolute atomic E-state index is 0.0400. The molecule has 4 rings (SSSR count). The van der Waals surface area contributed by atoms with Gasteiger partial charge in [0.05, 0.1) is 38.5 Å². The van der Waals surface area contributed by atoms with E-state index in [4.69, 9.17) is 9.47 Å². The maximum absolute atomic E-state index is 13.2. The number of benzene rings is 1. The zero-order valence-electron chi connectivity index (χ0n) is 18.9. The van der Waals surface area contributed by atoms with Gasteiger partial charge in [0.2, 0.25) is 5.91 Å². The molecule has 1 aliphatic heterocycles. The number of ether oxygens (including phenoxy) is 2. The van der Waals surface area contributed by atoms with Crippen LogP contribution in [0.3, 0.4) is 0 Å². The van der Waals surface area contributed by atoms with Crippen LogP contribution in [0.2, 0.25) is 0 Å². The van der Waals surface area contributed by atoms with Gasteiger partial charge in [0.1, 0.15) is 5.75 Å². The Morgan fingerprint density at radius 2 is 2.00 bits per heavy atom. The van der Waals surface area contributed by atoms with Gasteiger partial charge in [0.15, 0.2) is 0 Å². The van der Waals surface area contributed by atoms with E-state index in [1.807, 2.05) is 6.07 Å². The van der Waals surface area contributed by atoms with Gasteiger partial charge in [-0.05, 0) is 67.7 Å². The van der Waals surface area contributed by atoms with Crippen molar-refractivity contribution in [2.24, 2.45) is 5.92 Å². The summed E-state index contributed by atoms with van der Waals surface area (Å²) in [7, 11) is 1.71. The monoisotopic (exact) mass is 430 g/mol. The molecule has 2 aliphatic carbocycles. The summed E-state index contributed by atoms with van der Waals surface area (Å²) in [5.74, 6) is 1.57. The topological polar surface area (TPSA) is 71.0 Å². The van der Waals surface area contributed by atoms with Crippen molar-refractivity contribution >= 4 is 5.91 Å². The van der Waals surface area contributed by atoms with Gasteiger partial charge in [-0.15, -0.1) is 0 Å². The highest BCUT2D eigenvalue weighted by Crippen LogP contribution is 2.43. The maximum Gasteiger partial charge on any atom is 0.237 e. The predicted molar refractivity (Wildman–Crippen MR) is 120 cm³/mol. The van der Waals surface area contributed by atoms with Gasteiger partial charge in [-0.2, -0.15) is 0 Å². The number of hydrogen-bond donors (Lipinski definition) is 2. The van der Waals surface area contributed by atoms with Crippen LogP contribution in [0.1, 0.15) is 68.5 Å². The minimum atomic E-state index is -0.330. The zero-order chi connectivity index (χ0) is 21.6. The second-order valence-corrected chi connectivity index (χ2v) is 9.33. The van der Waals surface area contributed by atoms with Crippen molar-refractivity contribution in [3.05, 3.63) is 29.3 Å². The fraction of sp³-hybridized carbons (Fsp3) is 0.720. The summed E-state index contributed by atoms with van der Waals surface area (Å²) in [4.78, 5) is 15.4. The molecule has 2 fully saturated rings. The molecule has 3 aliphatic rings. The number of fused-ring (bicyclic) bond motifs is 1. The molecular formula is C25H38N2O4. The van der Waals surface area contributed by atoms with E-state index in [1.165, 1.54) is 43.2 Å². The standard InChI is InChI=1S/C25H38N2O4/c1-30-20-11-10-18-12-14-27(25(21(18)16-20)19-6-3-2-4-7-19)24(29)17-26-13-15-31-23-9-5-8-22(23)28/h10-11,16,19,22-23,25-26,28H,2-9,12-15,17H2,1H3/t22-,23+,25?/m0/s1. The lowest BCUT2D eigenvalue weighted by molar-refractivity contribution is -0.134. The molecule has 6 nitrogen and oxygen atoms in total. The van der Waals surface area contributed by atoms with Gasteiger partial charge in [0.25, 0.3) is 0 Å². The molecule has 0 radical (unpaired) electrons. The molecule has 172 valence electrons. The Morgan fingerprint density at radius 3 is 2.74 bits per heavy atom. The number of carbonyl (C=O) groups is 1. The van der Waals surface area contributed by atoms with Crippen molar-refractivity contribution in [2.75, 3.05) is 33.4 Å². The smallest absolute Gasteiger partial charge is 0.237 e. The molecule has 0 bridgehead atoms. The normalized spacial score (nSPS) is 26.6. The second-order valence-electron chi connectivity index (χ2n) is 9.33. The molecule has 2 saturated carbocycles. The highest BCUT2D eigenvalue weighted by Gasteiger charge is 2.36. The van der Waals surface area contributed by atoms with Crippen molar-refractivity contribution in [3.8, 4) is 5.75 Å². The van der Waals surface area contributed by atoms with Crippen molar-refractivity contribution in [1.29, 1.82) is 0 Å². The third-order valence-electron chi connectivity index (χ3n) is 7.35. The van der Waals surface area contributed by atoms with Crippen molar-refractivity contribution in [3.63, 3.8) is 0 Å². The van der Waals surface area contributed by atoms with Gasteiger partial charge in [-0.25, -0.2) is 0 Å². The third-order valence-corrected chi connectivity index (χ3v) is 7.35. The molecule has 1 aromatic rings. The Morgan fingerprint density at radius 1 is 1.16 bits per heavy atom. The van der Waals surface area contributed by atoms with Gasteiger partial charge in [0, 0.05) is 13.1 Å². The fourth-order valence-electron chi connectivity index (χ4n) is 5.67. The molecule has 3 atom stereocenters. The van der Waals surface area contributed by atoms with Crippen LogP contribution in [-0.2, 0) is 16.0 Å². The molecular weight excluding hydrogens is 392 g/mol. The first-order chi connectivity index (χ1) is 15.2. The van der Waals surface area contributed by atoms with E-state index in [0.717, 1.165) is 38.0 Å². The van der Waals surface area contributed by atoms with Crippen LogP contribution in [0, 0.1) is 5.92 Å². The van der Waals surface area contributed by atoms with Crippen LogP contribution in [0.25, 0.3) is 0 Å². The highest BCUT2D eigenvalue weighted by molar-refractivity contribution is 5.79. The van der Waals surface area contributed by atoms with Crippen LogP contribution in [-0.4, -0.2) is 61.5 Å². The summed E-state index contributed by atoms with van der Waals surface area (Å²) in [5.41, 5.74) is 2.64. The van der Waals surface area contributed by atoms with Crippen molar-refractivity contribution in [1.82, 2.24) is 10.2 Å². The predicted octanol–water partition coefficient (Wildman–Crippen LogP) is 3.22. The molecule has 1 amide bonds. The van der Waals surface area contributed by atoms with E-state index in [2.05, 4.69) is 22.3 Å². The first-order valence-corrected chi connectivity index (χ1v) is 12.1. The molecule has 31 heavy (non-hydrogen) atoms. The molecule has 0 spiro atoms. The van der Waals surface area contributed by atoms with Gasteiger partial charge < -0.3 is 24.8 Å². The SMILES string of the molecule is COc1ccc2c(c1)C(C1CCCCC1)N(C(=O)CNCCO[C@@H]1CCC[C@@H]1O)CC2. The highest BCUT2D eigenvalue weighted by atomic mass is 16.5. The Labute approximate surface area is 186 Å². The van der Waals surface area contributed by atoms with Crippen LogP contribution >= 0.6 is 0 Å². The first kappa shape index (κ1) is 22.6. The van der Waals surface area contributed by atoms with E-state index in [0.29, 0.717) is 25.6 Å². The maximum atomic E-state index is 13.2. The lowest BCUT2D eigenvalue weighted by Gasteiger charge is -2.43. The van der Waals surface area contributed by atoms with E-state index in [9.17, 15) is 9.90 Å². The summed E-state index contributed by atoms with van der Waals surface area (Å²) in [6.07, 6.45) is 9.52. The lowest BCUT2D eigenvalue weighted by atomic mass is 9.77. The lowest BCUT2D eigenvalue weighted by Crippen LogP contribution is -2.47. The molecule has 1 unspecified atom stereocenters. The average Bonchev–Trinajstić information content (AvgIpc) is 3.22.